The van der Waals surface area contributed by atoms with Crippen molar-refractivity contribution in [1.29, 1.82) is 0 Å². The van der Waals surface area contributed by atoms with Crippen LogP contribution in [0.15, 0.2) is 45.4 Å². The summed E-state index contributed by atoms with van der Waals surface area (Å²) in [5.74, 6) is 0.394. The van der Waals surface area contributed by atoms with E-state index in [4.69, 9.17) is 0 Å². The first kappa shape index (κ1) is 19.1. The Morgan fingerprint density at radius 2 is 1.93 bits per heavy atom. The van der Waals surface area contributed by atoms with Crippen molar-refractivity contribution in [2.24, 2.45) is 0 Å². The minimum atomic E-state index is -0.570. The zero-order valence-corrected chi connectivity index (χ0v) is 16.7. The van der Waals surface area contributed by atoms with Crippen LogP contribution >= 0.6 is 11.3 Å². The average molecular weight is 412 g/mol. The number of hydrogen-bond acceptors (Lipinski definition) is 7. The maximum atomic E-state index is 12.9. The molecule has 29 heavy (non-hydrogen) atoms. The summed E-state index contributed by atoms with van der Waals surface area (Å²) < 4.78 is 1.07. The molecular weight excluding hydrogens is 392 g/mol. The van der Waals surface area contributed by atoms with Gasteiger partial charge in [-0.3, -0.25) is 14.2 Å². The third kappa shape index (κ3) is 3.97. The van der Waals surface area contributed by atoms with E-state index in [0.29, 0.717) is 26.2 Å². The summed E-state index contributed by atoms with van der Waals surface area (Å²) >= 11 is 1.45. The number of nitrogens with zero attached hydrogens (tertiary/aromatic N) is 5. The number of aryl methyl sites for hydroxylation is 1. The Hall–Kier alpha value is -3.27. The third-order valence-electron chi connectivity index (χ3n) is 4.86. The summed E-state index contributed by atoms with van der Waals surface area (Å²) in [7, 11) is 0. The fraction of sp³-hybridized carbons (Fsp3) is 0.316. The van der Waals surface area contributed by atoms with Gasteiger partial charge in [-0.1, -0.05) is 6.07 Å². The maximum Gasteiger partial charge on any atom is 0.328 e. The van der Waals surface area contributed by atoms with Crippen LogP contribution in [-0.4, -0.2) is 56.7 Å². The van der Waals surface area contributed by atoms with E-state index in [-0.39, 0.29) is 18.0 Å². The van der Waals surface area contributed by atoms with Gasteiger partial charge >= 0.3 is 5.69 Å². The molecule has 0 aromatic carbocycles. The Kier molecular flexibility index (Phi) is 5.26. The zero-order valence-electron chi connectivity index (χ0n) is 15.9. The molecule has 0 bridgehead atoms. The standard InChI is InChI=1S/C19H20N6O3S/c1-13-4-5-16(22-21-13)23-6-8-24(9-7-23)17(26)15-11-20-19(28)25(18(15)27)12-14-3-2-10-29-14/h2-5,10-11H,6-9,12H2,1H3,(H,20,28). The third-order valence-corrected chi connectivity index (χ3v) is 5.72. The summed E-state index contributed by atoms with van der Waals surface area (Å²) in [6.45, 7) is 4.12. The molecule has 0 atom stereocenters. The second kappa shape index (κ2) is 8.00. The van der Waals surface area contributed by atoms with Gasteiger partial charge in [0.2, 0.25) is 0 Å². The smallest absolute Gasteiger partial charge is 0.328 e. The molecule has 1 saturated heterocycles. The van der Waals surface area contributed by atoms with E-state index in [2.05, 4.69) is 20.1 Å². The van der Waals surface area contributed by atoms with Gasteiger partial charge in [0.05, 0.1) is 12.2 Å². The number of thiophene rings is 1. The molecule has 3 aromatic heterocycles. The fourth-order valence-corrected chi connectivity index (χ4v) is 3.93. The first-order valence-electron chi connectivity index (χ1n) is 9.22. The highest BCUT2D eigenvalue weighted by atomic mass is 32.1. The minimum absolute atomic E-state index is 0.0234. The van der Waals surface area contributed by atoms with Gasteiger partial charge in [0, 0.05) is 37.3 Å². The van der Waals surface area contributed by atoms with Gasteiger partial charge in [-0.2, -0.15) is 5.10 Å². The molecule has 0 unspecified atom stereocenters. The van der Waals surface area contributed by atoms with Crippen molar-refractivity contribution in [3.05, 3.63) is 72.8 Å². The number of H-pyrrole nitrogens is 1. The van der Waals surface area contributed by atoms with Crippen molar-refractivity contribution in [3.63, 3.8) is 0 Å². The topological polar surface area (TPSA) is 104 Å². The van der Waals surface area contributed by atoms with Crippen molar-refractivity contribution in [2.45, 2.75) is 13.5 Å². The molecule has 1 amide bonds. The van der Waals surface area contributed by atoms with E-state index < -0.39 is 11.2 Å². The predicted molar refractivity (Wildman–Crippen MR) is 110 cm³/mol. The fourth-order valence-electron chi connectivity index (χ4n) is 3.24. The predicted octanol–water partition coefficient (Wildman–Crippen LogP) is 0.707. The Labute approximate surface area is 170 Å². The molecule has 1 aliphatic rings. The summed E-state index contributed by atoms with van der Waals surface area (Å²) in [6, 6.07) is 7.51. The monoisotopic (exact) mass is 412 g/mol. The van der Waals surface area contributed by atoms with Gasteiger partial charge in [0.15, 0.2) is 5.82 Å². The quantitative estimate of drug-likeness (QED) is 0.677. The Balaban J connectivity index is 1.49. The van der Waals surface area contributed by atoms with Crippen molar-refractivity contribution < 1.29 is 4.79 Å². The van der Waals surface area contributed by atoms with Gasteiger partial charge in [-0.05, 0) is 30.5 Å². The van der Waals surface area contributed by atoms with Crippen LogP contribution in [0.3, 0.4) is 0 Å². The molecule has 0 spiro atoms. The number of anilines is 1. The second-order valence-corrected chi connectivity index (χ2v) is 7.82. The number of nitrogens with one attached hydrogen (secondary N) is 1. The number of rotatable bonds is 4. The van der Waals surface area contributed by atoms with Crippen molar-refractivity contribution >= 4 is 23.1 Å². The number of aromatic amines is 1. The van der Waals surface area contributed by atoms with E-state index in [9.17, 15) is 14.4 Å². The Morgan fingerprint density at radius 1 is 1.14 bits per heavy atom. The Bertz CT molecular complexity index is 1110. The highest BCUT2D eigenvalue weighted by Crippen LogP contribution is 2.14. The van der Waals surface area contributed by atoms with Crippen LogP contribution in [0.2, 0.25) is 0 Å². The first-order valence-corrected chi connectivity index (χ1v) is 10.1. The van der Waals surface area contributed by atoms with Crippen molar-refractivity contribution in [3.8, 4) is 0 Å². The molecule has 0 aliphatic carbocycles. The average Bonchev–Trinajstić information content (AvgIpc) is 3.25. The second-order valence-electron chi connectivity index (χ2n) is 6.79. The number of piperazine rings is 1. The lowest BCUT2D eigenvalue weighted by molar-refractivity contribution is 0.0743. The van der Waals surface area contributed by atoms with E-state index >= 15 is 0 Å². The molecule has 0 radical (unpaired) electrons. The summed E-state index contributed by atoms with van der Waals surface area (Å²) in [5.41, 5.74) is -0.272. The van der Waals surface area contributed by atoms with Crippen LogP contribution in [-0.2, 0) is 6.54 Å². The molecule has 150 valence electrons. The molecule has 3 aromatic rings. The lowest BCUT2D eigenvalue weighted by Gasteiger charge is -2.35. The molecule has 10 heteroatoms. The van der Waals surface area contributed by atoms with E-state index in [1.54, 1.807) is 4.90 Å². The van der Waals surface area contributed by atoms with Crippen molar-refractivity contribution in [2.75, 3.05) is 31.1 Å². The van der Waals surface area contributed by atoms with E-state index in [1.807, 2.05) is 36.6 Å². The number of carbonyl (C=O) groups excluding carboxylic acids is 1. The lowest BCUT2D eigenvalue weighted by atomic mass is 10.2. The number of carbonyl (C=O) groups is 1. The van der Waals surface area contributed by atoms with Crippen LogP contribution in [0.25, 0.3) is 0 Å². The van der Waals surface area contributed by atoms with Crippen LogP contribution in [0.1, 0.15) is 20.9 Å². The summed E-state index contributed by atoms with van der Waals surface area (Å²) in [4.78, 5) is 44.9. The van der Waals surface area contributed by atoms with Gasteiger partial charge in [0.25, 0.3) is 11.5 Å². The molecule has 0 saturated carbocycles. The SMILES string of the molecule is Cc1ccc(N2CCN(C(=O)c3c[nH]c(=O)n(Cc4cccs4)c3=O)CC2)nn1. The van der Waals surface area contributed by atoms with Crippen molar-refractivity contribution in [1.82, 2.24) is 24.6 Å². The molecule has 1 aliphatic heterocycles. The molecule has 1 fully saturated rings. The van der Waals surface area contributed by atoms with E-state index in [1.165, 1.54) is 17.5 Å². The minimum Gasteiger partial charge on any atom is -0.352 e. The van der Waals surface area contributed by atoms with Crippen LogP contribution in [0.4, 0.5) is 5.82 Å². The number of amides is 1. The zero-order chi connectivity index (χ0) is 20.4. The van der Waals surface area contributed by atoms with Crippen LogP contribution < -0.4 is 16.1 Å². The van der Waals surface area contributed by atoms with Gasteiger partial charge in [0.1, 0.15) is 5.56 Å². The molecule has 1 N–H and O–H groups in total. The first-order chi connectivity index (χ1) is 14.0. The van der Waals surface area contributed by atoms with Gasteiger partial charge < -0.3 is 14.8 Å². The molecule has 9 nitrogen and oxygen atoms in total. The van der Waals surface area contributed by atoms with Gasteiger partial charge in [-0.15, -0.1) is 16.4 Å². The maximum absolute atomic E-state index is 12.9. The largest absolute Gasteiger partial charge is 0.352 e. The lowest BCUT2D eigenvalue weighted by Crippen LogP contribution is -2.51. The normalized spacial score (nSPS) is 14.2. The highest BCUT2D eigenvalue weighted by molar-refractivity contribution is 7.09. The van der Waals surface area contributed by atoms with Crippen LogP contribution in [0, 0.1) is 6.92 Å². The number of hydrogen-bond donors (Lipinski definition) is 1. The molecule has 4 heterocycles. The van der Waals surface area contributed by atoms with Crippen LogP contribution in [0.5, 0.6) is 0 Å². The Morgan fingerprint density at radius 3 is 2.59 bits per heavy atom. The van der Waals surface area contributed by atoms with Gasteiger partial charge in [-0.25, -0.2) is 4.79 Å². The molecule has 4 rings (SSSR count). The van der Waals surface area contributed by atoms with E-state index in [0.717, 1.165) is 21.0 Å². The summed E-state index contributed by atoms with van der Waals surface area (Å²) in [6.07, 6.45) is 1.22. The highest BCUT2D eigenvalue weighted by Gasteiger charge is 2.25. The number of aromatic nitrogens is 4. The molecular formula is C19H20N6O3S. The summed E-state index contributed by atoms with van der Waals surface area (Å²) in [5, 5.41) is 10.1.